The topological polar surface area (TPSA) is 42.2 Å². The van der Waals surface area contributed by atoms with Gasteiger partial charge in [0.1, 0.15) is 5.82 Å². The summed E-state index contributed by atoms with van der Waals surface area (Å²) in [5.74, 6) is 1.11. The highest BCUT2D eigenvalue weighted by Gasteiger charge is 2.23. The van der Waals surface area contributed by atoms with Gasteiger partial charge in [0.2, 0.25) is 0 Å². The third kappa shape index (κ3) is 2.35. The number of nitrogens with two attached hydrogens (primary N) is 1. The zero-order valence-corrected chi connectivity index (χ0v) is 10.2. The molecule has 1 fully saturated rings. The summed E-state index contributed by atoms with van der Waals surface area (Å²) in [7, 11) is 2.15. The predicted octanol–water partition coefficient (Wildman–Crippen LogP) is 2.10. The third-order valence-electron chi connectivity index (χ3n) is 3.60. The number of nitrogens with zero attached hydrogens (tertiary/aromatic N) is 2. The smallest absolute Gasteiger partial charge is 0.131 e. The third-order valence-corrected chi connectivity index (χ3v) is 3.60. The average molecular weight is 219 g/mol. The molecular weight excluding hydrogens is 198 g/mol. The molecule has 3 heteroatoms. The maximum absolute atomic E-state index is 5.93. The highest BCUT2D eigenvalue weighted by molar-refractivity contribution is 5.46. The van der Waals surface area contributed by atoms with Gasteiger partial charge in [0.15, 0.2) is 0 Å². The Balaban J connectivity index is 2.07. The van der Waals surface area contributed by atoms with Crippen LogP contribution in [0.3, 0.4) is 0 Å². The van der Waals surface area contributed by atoms with Gasteiger partial charge in [-0.15, -0.1) is 0 Å². The number of hydrogen-bond acceptors (Lipinski definition) is 3. The van der Waals surface area contributed by atoms with E-state index in [2.05, 4.69) is 29.9 Å². The molecule has 2 rings (SSSR count). The van der Waals surface area contributed by atoms with Gasteiger partial charge in [-0.25, -0.2) is 4.98 Å². The molecule has 88 valence electrons. The van der Waals surface area contributed by atoms with Crippen molar-refractivity contribution in [3.63, 3.8) is 0 Å². The van der Waals surface area contributed by atoms with Crippen molar-refractivity contribution in [2.45, 2.75) is 44.7 Å². The molecule has 1 aliphatic rings. The van der Waals surface area contributed by atoms with E-state index in [1.54, 1.807) is 0 Å². The summed E-state index contributed by atoms with van der Waals surface area (Å²) in [6.45, 7) is 2.12. The lowest BCUT2D eigenvalue weighted by atomic mass is 9.91. The Bertz CT molecular complexity index is 343. The van der Waals surface area contributed by atoms with Gasteiger partial charge in [-0.3, -0.25) is 0 Å². The van der Waals surface area contributed by atoms with Crippen LogP contribution in [0.1, 0.15) is 31.2 Å². The van der Waals surface area contributed by atoms with Crippen LogP contribution in [-0.4, -0.2) is 24.1 Å². The van der Waals surface area contributed by atoms with Crippen LogP contribution >= 0.6 is 0 Å². The maximum Gasteiger partial charge on any atom is 0.131 e. The Hall–Kier alpha value is -1.09. The minimum absolute atomic E-state index is 0.412. The zero-order chi connectivity index (χ0) is 11.5. The van der Waals surface area contributed by atoms with Gasteiger partial charge in [-0.1, -0.05) is 6.07 Å². The van der Waals surface area contributed by atoms with Crippen molar-refractivity contribution in [1.29, 1.82) is 0 Å². The van der Waals surface area contributed by atoms with E-state index in [0.29, 0.717) is 12.1 Å². The summed E-state index contributed by atoms with van der Waals surface area (Å²) >= 11 is 0. The Morgan fingerprint density at radius 3 is 2.62 bits per heavy atom. The molecule has 2 N–H and O–H groups in total. The highest BCUT2D eigenvalue weighted by Crippen LogP contribution is 2.25. The minimum atomic E-state index is 0.412. The second kappa shape index (κ2) is 4.83. The normalized spacial score (nSPS) is 25.4. The van der Waals surface area contributed by atoms with Crippen molar-refractivity contribution >= 4 is 5.82 Å². The Morgan fingerprint density at radius 1 is 1.31 bits per heavy atom. The maximum atomic E-state index is 5.93. The first-order valence-electron chi connectivity index (χ1n) is 6.08. The Kier molecular flexibility index (Phi) is 3.44. The second-order valence-corrected chi connectivity index (χ2v) is 4.82. The van der Waals surface area contributed by atoms with E-state index < -0.39 is 0 Å². The molecule has 1 heterocycles. The van der Waals surface area contributed by atoms with E-state index in [-0.39, 0.29) is 0 Å². The summed E-state index contributed by atoms with van der Waals surface area (Å²) in [4.78, 5) is 6.79. The first-order chi connectivity index (χ1) is 7.68. The molecule has 1 saturated carbocycles. The van der Waals surface area contributed by atoms with Crippen molar-refractivity contribution in [3.05, 3.63) is 23.9 Å². The predicted molar refractivity (Wildman–Crippen MR) is 67.6 cm³/mol. The van der Waals surface area contributed by atoms with Crippen LogP contribution < -0.4 is 10.6 Å². The number of rotatable bonds is 2. The van der Waals surface area contributed by atoms with Crippen LogP contribution in [0.25, 0.3) is 0 Å². The van der Waals surface area contributed by atoms with Crippen molar-refractivity contribution in [2.75, 3.05) is 11.9 Å². The molecule has 1 aliphatic carbocycles. The van der Waals surface area contributed by atoms with Gasteiger partial charge in [0.05, 0.1) is 0 Å². The molecule has 3 nitrogen and oxygen atoms in total. The van der Waals surface area contributed by atoms with E-state index >= 15 is 0 Å². The first kappa shape index (κ1) is 11.4. The molecule has 0 amide bonds. The SMILES string of the molecule is Cc1cccnc1N(C)C1CCC(N)CC1. The van der Waals surface area contributed by atoms with Gasteiger partial charge < -0.3 is 10.6 Å². The van der Waals surface area contributed by atoms with Crippen LogP contribution in [0.4, 0.5) is 5.82 Å². The van der Waals surface area contributed by atoms with Gasteiger partial charge in [-0.05, 0) is 44.2 Å². The van der Waals surface area contributed by atoms with E-state index in [1.807, 2.05) is 12.3 Å². The number of anilines is 1. The fraction of sp³-hybridized carbons (Fsp3) is 0.615. The summed E-state index contributed by atoms with van der Waals surface area (Å²) in [5.41, 5.74) is 7.18. The number of aromatic nitrogens is 1. The van der Waals surface area contributed by atoms with Gasteiger partial charge in [0.25, 0.3) is 0 Å². The molecule has 0 spiro atoms. The number of pyridine rings is 1. The lowest BCUT2D eigenvalue weighted by Crippen LogP contribution is -2.39. The monoisotopic (exact) mass is 219 g/mol. The fourth-order valence-corrected chi connectivity index (χ4v) is 2.51. The molecule has 0 radical (unpaired) electrons. The molecule has 0 atom stereocenters. The van der Waals surface area contributed by atoms with Gasteiger partial charge >= 0.3 is 0 Å². The molecule has 0 aliphatic heterocycles. The van der Waals surface area contributed by atoms with Crippen molar-refractivity contribution in [2.24, 2.45) is 5.73 Å². The summed E-state index contributed by atoms with van der Waals surface area (Å²) in [5, 5.41) is 0. The summed E-state index contributed by atoms with van der Waals surface area (Å²) in [6, 6.07) is 5.12. The van der Waals surface area contributed by atoms with E-state index in [4.69, 9.17) is 5.73 Å². The van der Waals surface area contributed by atoms with Crippen molar-refractivity contribution < 1.29 is 0 Å². The lowest BCUT2D eigenvalue weighted by molar-refractivity contribution is 0.383. The fourth-order valence-electron chi connectivity index (χ4n) is 2.51. The Morgan fingerprint density at radius 2 is 2.00 bits per heavy atom. The van der Waals surface area contributed by atoms with Crippen molar-refractivity contribution in [3.8, 4) is 0 Å². The zero-order valence-electron chi connectivity index (χ0n) is 10.2. The lowest BCUT2D eigenvalue weighted by Gasteiger charge is -2.34. The highest BCUT2D eigenvalue weighted by atomic mass is 15.2. The summed E-state index contributed by atoms with van der Waals surface area (Å²) in [6.07, 6.45) is 6.52. The quantitative estimate of drug-likeness (QED) is 0.828. The summed E-state index contributed by atoms with van der Waals surface area (Å²) < 4.78 is 0. The second-order valence-electron chi connectivity index (χ2n) is 4.82. The van der Waals surface area contributed by atoms with Gasteiger partial charge in [-0.2, -0.15) is 0 Å². The average Bonchev–Trinajstić information content (AvgIpc) is 2.30. The first-order valence-corrected chi connectivity index (χ1v) is 6.08. The molecule has 0 unspecified atom stereocenters. The molecule has 1 aromatic heterocycles. The number of hydrogen-bond donors (Lipinski definition) is 1. The molecular formula is C13H21N3. The largest absolute Gasteiger partial charge is 0.356 e. The van der Waals surface area contributed by atoms with Crippen LogP contribution in [0, 0.1) is 6.92 Å². The number of aryl methyl sites for hydroxylation is 1. The van der Waals surface area contributed by atoms with Gasteiger partial charge in [0, 0.05) is 25.3 Å². The van der Waals surface area contributed by atoms with Crippen molar-refractivity contribution in [1.82, 2.24) is 4.98 Å². The van der Waals surface area contributed by atoms with Crippen LogP contribution in [0.5, 0.6) is 0 Å². The van der Waals surface area contributed by atoms with Crippen LogP contribution in [-0.2, 0) is 0 Å². The molecule has 0 aromatic carbocycles. The molecule has 0 saturated heterocycles. The van der Waals surface area contributed by atoms with Crippen LogP contribution in [0.15, 0.2) is 18.3 Å². The molecule has 0 bridgehead atoms. The van der Waals surface area contributed by atoms with E-state index in [0.717, 1.165) is 18.7 Å². The molecule has 16 heavy (non-hydrogen) atoms. The van der Waals surface area contributed by atoms with Crippen LogP contribution in [0.2, 0.25) is 0 Å². The standard InChI is InChI=1S/C13H21N3/c1-10-4-3-9-15-13(10)16(2)12-7-5-11(14)6-8-12/h3-4,9,11-12H,5-8,14H2,1-2H3. The minimum Gasteiger partial charge on any atom is -0.356 e. The Labute approximate surface area is 97.7 Å². The van der Waals surface area contributed by atoms with E-state index in [1.165, 1.54) is 18.4 Å². The molecule has 1 aromatic rings. The van der Waals surface area contributed by atoms with E-state index in [9.17, 15) is 0 Å².